The molecule has 2 aromatic carbocycles. The average Bonchev–Trinajstić information content (AvgIpc) is 2.66. The van der Waals surface area contributed by atoms with Gasteiger partial charge in [0.05, 0.1) is 19.2 Å². The van der Waals surface area contributed by atoms with E-state index in [1.54, 1.807) is 55.6 Å². The lowest BCUT2D eigenvalue weighted by atomic mass is 9.82. The summed E-state index contributed by atoms with van der Waals surface area (Å²) in [5.74, 6) is -0.0576. The fourth-order valence-electron chi connectivity index (χ4n) is 2.43. The number of nitrogens with zero attached hydrogens (tertiary/aromatic N) is 2. The van der Waals surface area contributed by atoms with Gasteiger partial charge in [-0.2, -0.15) is 10.5 Å². The first-order valence-electron chi connectivity index (χ1n) is 7.27. The molecule has 0 saturated heterocycles. The first-order chi connectivity index (χ1) is 11.5. The van der Waals surface area contributed by atoms with Crippen molar-refractivity contribution in [1.29, 1.82) is 10.5 Å². The number of Topliss-reactive ketones (excluding diaryl/α,β-unsaturated/α-hetero) is 1. The molecular formula is C19H15BrN2O2. The van der Waals surface area contributed by atoms with Crippen LogP contribution in [-0.2, 0) is 0 Å². The molecule has 1 unspecified atom stereocenters. The van der Waals surface area contributed by atoms with E-state index < -0.39 is 10.2 Å². The van der Waals surface area contributed by atoms with E-state index in [9.17, 15) is 15.3 Å². The molecule has 1 atom stereocenters. The molecule has 5 heteroatoms. The monoisotopic (exact) mass is 382 g/mol. The normalized spacial score (nSPS) is 11.8. The Morgan fingerprint density at radius 2 is 1.71 bits per heavy atom. The Balaban J connectivity index is 2.38. The molecule has 24 heavy (non-hydrogen) atoms. The summed E-state index contributed by atoms with van der Waals surface area (Å²) in [5.41, 5.74) is 1.28. The van der Waals surface area contributed by atoms with Crippen LogP contribution in [0.2, 0.25) is 0 Å². The molecule has 0 aliphatic heterocycles. The number of hydrogen-bond acceptors (Lipinski definition) is 4. The van der Waals surface area contributed by atoms with Crippen LogP contribution in [0.3, 0.4) is 0 Å². The van der Waals surface area contributed by atoms with E-state index in [0.717, 1.165) is 5.56 Å². The highest BCUT2D eigenvalue weighted by molar-refractivity contribution is 9.10. The van der Waals surface area contributed by atoms with Crippen LogP contribution in [0.5, 0.6) is 5.75 Å². The molecule has 0 saturated carbocycles. The van der Waals surface area contributed by atoms with Crippen LogP contribution >= 0.6 is 15.9 Å². The van der Waals surface area contributed by atoms with Crippen LogP contribution in [0.15, 0.2) is 54.6 Å². The molecule has 0 N–H and O–H groups in total. The van der Waals surface area contributed by atoms with Gasteiger partial charge < -0.3 is 4.74 Å². The van der Waals surface area contributed by atoms with Crippen molar-refractivity contribution in [2.45, 2.75) is 16.7 Å². The van der Waals surface area contributed by atoms with Crippen LogP contribution < -0.4 is 4.74 Å². The number of carbonyl (C=O) groups is 1. The van der Waals surface area contributed by atoms with E-state index in [0.29, 0.717) is 11.3 Å². The second kappa shape index (κ2) is 7.77. The van der Waals surface area contributed by atoms with Gasteiger partial charge in [0, 0.05) is 17.9 Å². The van der Waals surface area contributed by atoms with Gasteiger partial charge in [-0.3, -0.25) is 4.79 Å². The number of methoxy groups -OCH3 is 1. The highest BCUT2D eigenvalue weighted by atomic mass is 79.9. The predicted molar refractivity (Wildman–Crippen MR) is 94.0 cm³/mol. The van der Waals surface area contributed by atoms with Crippen molar-refractivity contribution in [3.05, 3.63) is 65.7 Å². The third kappa shape index (κ3) is 3.82. The summed E-state index contributed by atoms with van der Waals surface area (Å²) in [5, 5.41) is 18.9. The Labute approximate surface area is 149 Å². The summed E-state index contributed by atoms with van der Waals surface area (Å²) in [6.45, 7) is 0. The molecule has 120 valence electrons. The molecule has 0 radical (unpaired) electrons. The van der Waals surface area contributed by atoms with Crippen LogP contribution in [0.25, 0.3) is 0 Å². The Morgan fingerprint density at radius 3 is 2.21 bits per heavy atom. The number of hydrogen-bond donors (Lipinski definition) is 0. The van der Waals surface area contributed by atoms with Gasteiger partial charge in [0.1, 0.15) is 5.75 Å². The summed E-state index contributed by atoms with van der Waals surface area (Å²) in [7, 11) is 1.56. The van der Waals surface area contributed by atoms with Crippen molar-refractivity contribution in [1.82, 2.24) is 0 Å². The van der Waals surface area contributed by atoms with Crippen molar-refractivity contribution in [2.75, 3.05) is 7.11 Å². The third-order valence-corrected chi connectivity index (χ3v) is 4.72. The number of ether oxygens (including phenoxy) is 1. The molecule has 0 amide bonds. The number of ketones is 1. The van der Waals surface area contributed by atoms with Crippen molar-refractivity contribution in [3.8, 4) is 17.9 Å². The lowest BCUT2D eigenvalue weighted by Crippen LogP contribution is -2.28. The van der Waals surface area contributed by atoms with E-state index in [2.05, 4.69) is 15.9 Å². The van der Waals surface area contributed by atoms with E-state index in [1.165, 1.54) is 0 Å². The summed E-state index contributed by atoms with van der Waals surface area (Å²) in [6, 6.07) is 19.8. The summed E-state index contributed by atoms with van der Waals surface area (Å²) >= 11 is 3.22. The van der Waals surface area contributed by atoms with E-state index in [4.69, 9.17) is 4.74 Å². The fraction of sp³-hybridized carbons (Fsp3) is 0.211. The summed E-state index contributed by atoms with van der Waals surface area (Å²) in [6.07, 6.45) is 0.0444. The van der Waals surface area contributed by atoms with Gasteiger partial charge in [-0.15, -0.1) is 0 Å². The zero-order valence-corrected chi connectivity index (χ0v) is 14.7. The highest BCUT2D eigenvalue weighted by Gasteiger charge is 2.39. The first kappa shape index (κ1) is 17.7. The van der Waals surface area contributed by atoms with Gasteiger partial charge in [0.25, 0.3) is 0 Å². The van der Waals surface area contributed by atoms with Gasteiger partial charge in [-0.05, 0) is 17.7 Å². The first-order valence-corrected chi connectivity index (χ1v) is 8.07. The van der Waals surface area contributed by atoms with Gasteiger partial charge in [-0.25, -0.2) is 0 Å². The van der Waals surface area contributed by atoms with E-state index in [1.807, 2.05) is 18.2 Å². The number of rotatable bonds is 6. The second-order valence-electron chi connectivity index (χ2n) is 5.25. The minimum atomic E-state index is -1.48. The molecule has 2 rings (SSSR count). The maximum atomic E-state index is 12.6. The third-order valence-electron chi connectivity index (χ3n) is 3.81. The summed E-state index contributed by atoms with van der Waals surface area (Å²) in [4.78, 5) is 12.6. The number of halogens is 1. The van der Waals surface area contributed by atoms with Crippen LogP contribution in [0, 0.1) is 22.7 Å². The number of carbonyl (C=O) groups excluding carboxylic acids is 1. The summed E-state index contributed by atoms with van der Waals surface area (Å²) < 4.78 is 3.65. The second-order valence-corrected chi connectivity index (χ2v) is 6.51. The molecule has 4 nitrogen and oxygen atoms in total. The zero-order chi connectivity index (χ0) is 17.6. The lowest BCUT2D eigenvalue weighted by Gasteiger charge is -2.24. The highest BCUT2D eigenvalue weighted by Crippen LogP contribution is 2.39. The Bertz CT molecular complexity index is 775. The maximum Gasteiger partial charge on any atom is 0.204 e. The molecule has 0 aliphatic rings. The fourth-order valence-corrected chi connectivity index (χ4v) is 2.86. The van der Waals surface area contributed by atoms with Crippen molar-refractivity contribution >= 4 is 21.7 Å². The molecular weight excluding hydrogens is 368 g/mol. The van der Waals surface area contributed by atoms with Crippen molar-refractivity contribution < 1.29 is 9.53 Å². The number of nitriles is 2. The Kier molecular flexibility index (Phi) is 5.73. The van der Waals surface area contributed by atoms with Gasteiger partial charge in [0.2, 0.25) is 4.32 Å². The van der Waals surface area contributed by atoms with Gasteiger partial charge in [0.15, 0.2) is 5.78 Å². The molecule has 0 aliphatic carbocycles. The zero-order valence-electron chi connectivity index (χ0n) is 13.1. The maximum absolute atomic E-state index is 12.6. The molecule has 0 aromatic heterocycles. The van der Waals surface area contributed by atoms with Gasteiger partial charge in [-0.1, -0.05) is 58.4 Å². The molecule has 0 bridgehead atoms. The minimum Gasteiger partial charge on any atom is -0.497 e. The smallest absolute Gasteiger partial charge is 0.204 e. The van der Waals surface area contributed by atoms with Crippen LogP contribution in [-0.4, -0.2) is 17.2 Å². The van der Waals surface area contributed by atoms with Crippen molar-refractivity contribution in [2.24, 2.45) is 0 Å². The predicted octanol–water partition coefficient (Wildman–Crippen LogP) is 4.23. The minimum absolute atomic E-state index is 0.0444. The van der Waals surface area contributed by atoms with E-state index >= 15 is 0 Å². The molecule has 0 spiro atoms. The number of benzene rings is 2. The van der Waals surface area contributed by atoms with E-state index in [-0.39, 0.29) is 12.2 Å². The molecule has 2 aromatic rings. The number of alkyl halides is 1. The SMILES string of the molecule is COc1ccc(C(CC(=O)c2ccccc2)C(Br)(C#N)C#N)cc1. The lowest BCUT2D eigenvalue weighted by molar-refractivity contribution is 0.0972. The molecule has 0 fully saturated rings. The topological polar surface area (TPSA) is 73.9 Å². The average molecular weight is 383 g/mol. The standard InChI is InChI=1S/C19H15BrN2O2/c1-24-16-9-7-14(8-10-16)17(19(20,12-21)13-22)11-18(23)15-5-3-2-4-6-15/h2-10,17H,11H2,1H3. The largest absolute Gasteiger partial charge is 0.497 e. The van der Waals surface area contributed by atoms with Gasteiger partial charge >= 0.3 is 0 Å². The quantitative estimate of drug-likeness (QED) is 0.553. The van der Waals surface area contributed by atoms with Crippen LogP contribution in [0.4, 0.5) is 0 Å². The van der Waals surface area contributed by atoms with Crippen molar-refractivity contribution in [3.63, 3.8) is 0 Å². The Hall–Kier alpha value is -2.63. The van der Waals surface area contributed by atoms with Crippen LogP contribution in [0.1, 0.15) is 28.3 Å². The molecule has 0 heterocycles. The Morgan fingerprint density at radius 1 is 1.12 bits per heavy atom.